The lowest BCUT2D eigenvalue weighted by Crippen LogP contribution is -2.41. The average molecular weight is 259 g/mol. The number of benzene rings is 1. The number of amides is 1. The molecule has 94 valence electrons. The van der Waals surface area contributed by atoms with Crippen LogP contribution in [0.3, 0.4) is 0 Å². The van der Waals surface area contributed by atoms with Crippen molar-refractivity contribution in [1.82, 2.24) is 5.32 Å². The zero-order valence-electron chi connectivity index (χ0n) is 10.1. The maximum absolute atomic E-state index is 13.4. The van der Waals surface area contributed by atoms with Crippen molar-refractivity contribution < 1.29 is 9.18 Å². The fraction of sp³-hybridized carbons (Fsp3) is 0.417. The van der Waals surface area contributed by atoms with Crippen LogP contribution < -0.4 is 10.6 Å². The van der Waals surface area contributed by atoms with E-state index in [1.807, 2.05) is 20.8 Å². The van der Waals surface area contributed by atoms with E-state index in [-0.39, 0.29) is 23.7 Å². The molecule has 2 N–H and O–H groups in total. The van der Waals surface area contributed by atoms with Crippen LogP contribution in [0, 0.1) is 5.82 Å². The van der Waals surface area contributed by atoms with Gasteiger partial charge < -0.3 is 10.6 Å². The zero-order valence-corrected chi connectivity index (χ0v) is 10.9. The van der Waals surface area contributed by atoms with Gasteiger partial charge in [0.1, 0.15) is 5.82 Å². The van der Waals surface area contributed by atoms with E-state index >= 15 is 0 Å². The summed E-state index contributed by atoms with van der Waals surface area (Å²) in [6.07, 6.45) is 0. The maximum Gasteiger partial charge on any atom is 0.238 e. The Balaban J connectivity index is 2.57. The third kappa shape index (κ3) is 5.15. The molecule has 0 heterocycles. The monoisotopic (exact) mass is 258 g/mol. The molecule has 0 fully saturated rings. The first-order valence-electron chi connectivity index (χ1n) is 5.28. The second kappa shape index (κ2) is 5.47. The van der Waals surface area contributed by atoms with Gasteiger partial charge in [0.15, 0.2) is 0 Å². The number of anilines is 1. The minimum absolute atomic E-state index is 0.131. The van der Waals surface area contributed by atoms with E-state index in [4.69, 9.17) is 11.6 Å². The van der Waals surface area contributed by atoms with Crippen molar-refractivity contribution >= 4 is 23.2 Å². The Morgan fingerprint density at radius 1 is 1.41 bits per heavy atom. The van der Waals surface area contributed by atoms with Gasteiger partial charge in [0.2, 0.25) is 5.91 Å². The highest BCUT2D eigenvalue weighted by Gasteiger charge is 2.12. The molecule has 0 unspecified atom stereocenters. The predicted octanol–water partition coefficient (Wildman–Crippen LogP) is 2.81. The van der Waals surface area contributed by atoms with E-state index in [9.17, 15) is 9.18 Å². The molecule has 0 aromatic heterocycles. The summed E-state index contributed by atoms with van der Waals surface area (Å²) in [5, 5.41) is 5.79. The number of halogens is 2. The molecule has 0 bridgehead atoms. The number of hydrogen-bond acceptors (Lipinski definition) is 2. The molecule has 0 spiro atoms. The number of nitrogens with one attached hydrogen (secondary N) is 2. The Morgan fingerprint density at radius 3 is 2.59 bits per heavy atom. The smallest absolute Gasteiger partial charge is 0.238 e. The van der Waals surface area contributed by atoms with Crippen LogP contribution in [-0.2, 0) is 4.79 Å². The van der Waals surface area contributed by atoms with Crippen LogP contribution in [0.5, 0.6) is 0 Å². The summed E-state index contributed by atoms with van der Waals surface area (Å²) in [7, 11) is 0. The highest BCUT2D eigenvalue weighted by molar-refractivity contribution is 6.30. The summed E-state index contributed by atoms with van der Waals surface area (Å²) < 4.78 is 13.4. The minimum Gasteiger partial charge on any atom is -0.322 e. The van der Waals surface area contributed by atoms with E-state index < -0.39 is 5.82 Å². The van der Waals surface area contributed by atoms with Gasteiger partial charge in [0.25, 0.3) is 0 Å². The fourth-order valence-electron chi connectivity index (χ4n) is 1.13. The van der Waals surface area contributed by atoms with Crippen molar-refractivity contribution in [1.29, 1.82) is 0 Å². The van der Waals surface area contributed by atoms with Gasteiger partial charge in [0, 0.05) is 10.6 Å². The summed E-state index contributed by atoms with van der Waals surface area (Å²) >= 11 is 5.61. The Morgan fingerprint density at radius 2 is 2.06 bits per heavy atom. The molecule has 1 aromatic carbocycles. The Kier molecular flexibility index (Phi) is 4.48. The summed E-state index contributed by atoms with van der Waals surface area (Å²) in [6, 6.07) is 4.12. The van der Waals surface area contributed by atoms with Gasteiger partial charge >= 0.3 is 0 Å². The predicted molar refractivity (Wildman–Crippen MR) is 67.8 cm³/mol. The van der Waals surface area contributed by atoms with E-state index in [2.05, 4.69) is 10.6 Å². The molecule has 1 aromatic rings. The number of hydrogen-bond donors (Lipinski definition) is 2. The van der Waals surface area contributed by atoms with E-state index in [1.54, 1.807) is 0 Å². The molecular weight excluding hydrogens is 243 g/mol. The quantitative estimate of drug-likeness (QED) is 0.875. The second-order valence-electron chi connectivity index (χ2n) is 4.78. The molecular formula is C12H16ClFN2O. The van der Waals surface area contributed by atoms with Crippen LogP contribution >= 0.6 is 11.6 Å². The molecule has 0 saturated carbocycles. The van der Waals surface area contributed by atoms with Gasteiger partial charge in [-0.15, -0.1) is 0 Å². The van der Waals surface area contributed by atoms with Gasteiger partial charge in [-0.25, -0.2) is 4.39 Å². The lowest BCUT2D eigenvalue weighted by Gasteiger charge is -2.20. The number of carbonyl (C=O) groups excluding carboxylic acids is 1. The number of rotatable bonds is 3. The lowest BCUT2D eigenvalue weighted by atomic mass is 10.1. The molecule has 0 radical (unpaired) electrons. The number of carbonyl (C=O) groups is 1. The Hall–Kier alpha value is -1.13. The van der Waals surface area contributed by atoms with Crippen molar-refractivity contribution in [3.8, 4) is 0 Å². The molecule has 3 nitrogen and oxygen atoms in total. The molecule has 5 heteroatoms. The lowest BCUT2D eigenvalue weighted by molar-refractivity contribution is -0.115. The zero-order chi connectivity index (χ0) is 13.1. The molecule has 0 aliphatic heterocycles. The molecule has 0 saturated heterocycles. The first-order valence-corrected chi connectivity index (χ1v) is 5.66. The minimum atomic E-state index is -0.540. The fourth-order valence-corrected chi connectivity index (χ4v) is 1.29. The normalized spacial score (nSPS) is 11.4. The van der Waals surface area contributed by atoms with Crippen molar-refractivity contribution in [3.05, 3.63) is 29.0 Å². The van der Waals surface area contributed by atoms with Gasteiger partial charge in [-0.2, -0.15) is 0 Å². The van der Waals surface area contributed by atoms with E-state index in [1.165, 1.54) is 12.1 Å². The standard InChI is InChI=1S/C12H16ClFN2O/c1-12(2,3)15-7-11(17)16-10-5-4-8(13)6-9(10)14/h4-6,15H,7H2,1-3H3,(H,16,17). The van der Waals surface area contributed by atoms with Crippen LogP contribution in [0.2, 0.25) is 5.02 Å². The van der Waals surface area contributed by atoms with Crippen LogP contribution in [0.25, 0.3) is 0 Å². The topological polar surface area (TPSA) is 41.1 Å². The van der Waals surface area contributed by atoms with E-state index in [0.717, 1.165) is 6.07 Å². The third-order valence-electron chi connectivity index (χ3n) is 1.98. The summed E-state index contributed by atoms with van der Waals surface area (Å²) in [6.45, 7) is 5.97. The second-order valence-corrected chi connectivity index (χ2v) is 5.21. The summed E-state index contributed by atoms with van der Waals surface area (Å²) in [4.78, 5) is 11.5. The molecule has 1 amide bonds. The molecule has 0 aliphatic rings. The summed E-state index contributed by atoms with van der Waals surface area (Å²) in [5.41, 5.74) is -0.0225. The van der Waals surface area contributed by atoms with Crippen LogP contribution in [0.4, 0.5) is 10.1 Å². The Labute approximate surface area is 105 Å². The van der Waals surface area contributed by atoms with Crippen molar-refractivity contribution in [2.24, 2.45) is 0 Å². The molecule has 1 rings (SSSR count). The highest BCUT2D eigenvalue weighted by atomic mass is 35.5. The summed E-state index contributed by atoms with van der Waals surface area (Å²) in [5.74, 6) is -0.831. The van der Waals surface area contributed by atoms with E-state index in [0.29, 0.717) is 5.02 Å². The average Bonchev–Trinajstić information content (AvgIpc) is 2.18. The van der Waals surface area contributed by atoms with Crippen molar-refractivity contribution in [3.63, 3.8) is 0 Å². The highest BCUT2D eigenvalue weighted by Crippen LogP contribution is 2.18. The maximum atomic E-state index is 13.4. The van der Waals surface area contributed by atoms with Crippen molar-refractivity contribution in [2.75, 3.05) is 11.9 Å². The van der Waals surface area contributed by atoms with Crippen molar-refractivity contribution in [2.45, 2.75) is 26.3 Å². The van der Waals surface area contributed by atoms with Crippen LogP contribution in [-0.4, -0.2) is 18.0 Å². The van der Waals surface area contributed by atoms with Crippen LogP contribution in [0.15, 0.2) is 18.2 Å². The largest absolute Gasteiger partial charge is 0.322 e. The third-order valence-corrected chi connectivity index (χ3v) is 2.22. The first kappa shape index (κ1) is 13.9. The van der Waals surface area contributed by atoms with Crippen LogP contribution in [0.1, 0.15) is 20.8 Å². The van der Waals surface area contributed by atoms with Gasteiger partial charge in [-0.05, 0) is 39.0 Å². The van der Waals surface area contributed by atoms with Gasteiger partial charge in [-0.3, -0.25) is 4.79 Å². The molecule has 17 heavy (non-hydrogen) atoms. The van der Waals surface area contributed by atoms with Gasteiger partial charge in [-0.1, -0.05) is 11.6 Å². The molecule has 0 atom stereocenters. The molecule has 0 aliphatic carbocycles. The SMILES string of the molecule is CC(C)(C)NCC(=O)Nc1ccc(Cl)cc1F. The van der Waals surface area contributed by atoms with Gasteiger partial charge in [0.05, 0.1) is 12.2 Å². The Bertz CT molecular complexity index is 415. The first-order chi connectivity index (χ1) is 7.78.